The standard InChI is InChI=1S/C43H59F2N8O10PS.C8H17NO2.C6H12O2.C3H6O2/c1-3-5-6-21-52(20-4-2)28-39(56)48-18-17-47-37(54)13-12-36(51-38(55)25-30-8-7-9-32(24-30)63-65(45,60)61)42(59)49-19-23-62-31-10-11-35-34(26-31)33(14-16-46-35)41(58)50-27-40(57)53-22-15-43(44,64)29-53;1-3-5-9(6-4-2)7-8(10)11;1-3-5(2)4-6(7)8;1-2-3(4)5/h7-11,14,16,24,26,36H,3-6,12-13,15,17-23,25,27-29,64H2,1-2H3,(H,47,54)(H,48,56)(H,49,59)(H,50,58)(H,51,55);3-7H2,1-2H3,(H,10,11);5H,3-4H2,1-2H3,(H,7,8);2H2,1H3,(H,4,5). The van der Waals surface area contributed by atoms with Gasteiger partial charge in [-0.15, -0.1) is 0 Å². The molecule has 8 N–H and O–H groups in total. The van der Waals surface area contributed by atoms with Gasteiger partial charge in [0.2, 0.25) is 29.5 Å². The lowest BCUT2D eigenvalue weighted by Crippen LogP contribution is -2.48. The quantitative estimate of drug-likeness (QED) is 0.0196. The van der Waals surface area contributed by atoms with Crippen molar-refractivity contribution in [3.63, 3.8) is 0 Å². The number of carboxylic acids is 3. The summed E-state index contributed by atoms with van der Waals surface area (Å²) in [5, 5.41) is 36.7. The summed E-state index contributed by atoms with van der Waals surface area (Å²) in [6.45, 7) is 17.7. The number of carboxylic acid groups (broad SMARTS) is 3. The van der Waals surface area contributed by atoms with Gasteiger partial charge in [-0.3, -0.25) is 57.9 Å². The molecule has 4 unspecified atom stereocenters. The number of fused-ring (bicyclic) bond motifs is 1. The number of carbonyl (C=O) groups is 9. The maximum atomic E-state index is 14.2. The zero-order chi connectivity index (χ0) is 67.0. The first-order chi connectivity index (χ1) is 42.1. The minimum atomic E-state index is -5.31. The zero-order valence-electron chi connectivity index (χ0n) is 52.4. The number of nitrogens with one attached hydrogen (secondary N) is 5. The molecule has 4 rings (SSSR count). The number of rotatable bonds is 37. The van der Waals surface area contributed by atoms with Crippen molar-refractivity contribution in [1.82, 2.24) is 46.3 Å². The molecule has 1 aliphatic heterocycles. The van der Waals surface area contributed by atoms with Crippen molar-refractivity contribution in [2.75, 3.05) is 85.1 Å². The molecule has 0 aliphatic carbocycles. The van der Waals surface area contributed by atoms with Gasteiger partial charge in [0, 0.05) is 56.9 Å². The van der Waals surface area contributed by atoms with Gasteiger partial charge >= 0.3 is 28.4 Å². The van der Waals surface area contributed by atoms with Gasteiger partial charge in [-0.25, -0.2) is 4.39 Å². The highest BCUT2D eigenvalue weighted by Gasteiger charge is 2.36. The minimum Gasteiger partial charge on any atom is -0.492 e. The number of ether oxygens (including phenoxy) is 1. The van der Waals surface area contributed by atoms with Crippen molar-refractivity contribution >= 4 is 84.0 Å². The Hall–Kier alpha value is -7.16. The van der Waals surface area contributed by atoms with Crippen LogP contribution < -0.4 is 35.5 Å². The molecule has 0 saturated carbocycles. The van der Waals surface area contributed by atoms with Crippen LogP contribution in [-0.4, -0.2) is 193 Å². The molecule has 1 aliphatic rings. The molecular weight excluding hydrogens is 1200 g/mol. The van der Waals surface area contributed by atoms with E-state index in [0.29, 0.717) is 29.0 Å². The number of carbonyl (C=O) groups excluding carboxylic acids is 6. The Kier molecular flexibility index (Phi) is 39.8. The van der Waals surface area contributed by atoms with Crippen LogP contribution in [0.25, 0.3) is 10.9 Å². The van der Waals surface area contributed by atoms with Crippen LogP contribution in [0, 0.1) is 5.92 Å². The van der Waals surface area contributed by atoms with Crippen LogP contribution in [0.15, 0.2) is 54.7 Å². The van der Waals surface area contributed by atoms with Crippen molar-refractivity contribution in [3.05, 3.63) is 65.9 Å². The predicted octanol–water partition coefficient (Wildman–Crippen LogP) is 5.65. The van der Waals surface area contributed by atoms with E-state index in [4.69, 9.17) is 20.1 Å². The Morgan fingerprint density at radius 2 is 1.39 bits per heavy atom. The van der Waals surface area contributed by atoms with Crippen molar-refractivity contribution in [2.45, 2.75) is 143 Å². The Morgan fingerprint density at radius 1 is 0.753 bits per heavy atom. The Morgan fingerprint density at radius 3 is 1.94 bits per heavy atom. The molecule has 3 aromatic rings. The van der Waals surface area contributed by atoms with E-state index in [-0.39, 0.29) is 114 Å². The van der Waals surface area contributed by atoms with E-state index in [1.807, 2.05) is 18.7 Å². The zero-order valence-corrected chi connectivity index (χ0v) is 54.4. The third-order valence-electron chi connectivity index (χ3n) is 13.1. The molecule has 29 heteroatoms. The van der Waals surface area contributed by atoms with E-state index in [1.54, 1.807) is 25.1 Å². The highest BCUT2D eigenvalue weighted by Crippen LogP contribution is 2.32. The SMILES string of the molecule is CCC(=O)O.CCC(C)CC(=O)O.CCCCCN(CCC)CC(=O)NCCNC(=O)CCC(NC(=O)Cc1cccc(OS(=O)(=O)F)c1)C(=O)NCCOc1ccc2nccc(C(=O)NCC(=O)N3CCC(F)(P)C3)c2c1.CCCN(CCC)CC(=O)O. The maximum Gasteiger partial charge on any atom is 0.488 e. The highest BCUT2D eigenvalue weighted by atomic mass is 32.3. The number of alkyl halides is 1. The predicted molar refractivity (Wildman–Crippen MR) is 336 cm³/mol. The van der Waals surface area contributed by atoms with Crippen LogP contribution >= 0.6 is 9.24 Å². The monoisotopic (exact) mass is 1300 g/mol. The minimum absolute atomic E-state index is 0.0457. The summed E-state index contributed by atoms with van der Waals surface area (Å²) in [7, 11) is -3.21. The van der Waals surface area contributed by atoms with Gasteiger partial charge in [-0.2, -0.15) is 8.42 Å². The van der Waals surface area contributed by atoms with Gasteiger partial charge in [0.15, 0.2) is 0 Å². The number of aromatic nitrogens is 1. The van der Waals surface area contributed by atoms with E-state index in [2.05, 4.69) is 77.6 Å². The van der Waals surface area contributed by atoms with E-state index >= 15 is 0 Å². The molecule has 25 nitrogen and oxygen atoms in total. The van der Waals surface area contributed by atoms with Gasteiger partial charge in [0.1, 0.15) is 29.6 Å². The lowest BCUT2D eigenvalue weighted by Gasteiger charge is -2.21. The number of unbranched alkanes of at least 4 members (excludes halogenated alkanes) is 2. The van der Waals surface area contributed by atoms with Crippen LogP contribution in [0.2, 0.25) is 0 Å². The molecule has 1 aromatic heterocycles. The molecule has 4 atom stereocenters. The molecule has 0 spiro atoms. The van der Waals surface area contributed by atoms with Gasteiger partial charge < -0.3 is 55.7 Å². The average molecular weight is 1300 g/mol. The third-order valence-corrected chi connectivity index (χ3v) is 14.0. The second kappa shape index (κ2) is 44.3. The number of likely N-dealkylation sites (tertiary alicyclic amines) is 1. The normalized spacial score (nSPS) is 14.0. The van der Waals surface area contributed by atoms with E-state index in [0.717, 1.165) is 77.2 Å². The largest absolute Gasteiger partial charge is 0.492 e. The molecule has 500 valence electrons. The Bertz CT molecular complexity index is 2820. The number of hydrogen-bond donors (Lipinski definition) is 8. The molecular formula is C60H94F2N9O16PS. The Balaban J connectivity index is 0.00000138. The van der Waals surface area contributed by atoms with Crippen LogP contribution in [0.4, 0.5) is 8.28 Å². The lowest BCUT2D eigenvalue weighted by atomic mass is 10.1. The second-order valence-electron chi connectivity index (χ2n) is 21.1. The summed E-state index contributed by atoms with van der Waals surface area (Å²) >= 11 is 0. The molecule has 1 fully saturated rings. The number of nitrogens with zero attached hydrogens (tertiary/aromatic N) is 4. The smallest absolute Gasteiger partial charge is 0.488 e. The van der Waals surface area contributed by atoms with E-state index < -0.39 is 69.4 Å². The molecule has 6 amide bonds. The third kappa shape index (κ3) is 37.4. The van der Waals surface area contributed by atoms with Gasteiger partial charge in [0.05, 0.1) is 50.2 Å². The first-order valence-electron chi connectivity index (χ1n) is 30.1. The fourth-order valence-corrected chi connectivity index (χ4v) is 9.19. The first kappa shape index (κ1) is 79.9. The summed E-state index contributed by atoms with van der Waals surface area (Å²) < 4.78 is 59.3. The number of halogens is 2. The number of hydrogen-bond acceptors (Lipinski definition) is 16. The average Bonchev–Trinajstić information content (AvgIpc) is 1.46. The van der Waals surface area contributed by atoms with E-state index in [1.165, 1.54) is 35.4 Å². The van der Waals surface area contributed by atoms with Crippen LogP contribution in [0.1, 0.15) is 141 Å². The summed E-state index contributed by atoms with van der Waals surface area (Å²) in [5.41, 5.74) is 0.946. The van der Waals surface area contributed by atoms with Gasteiger partial charge in [-0.1, -0.05) is 93.0 Å². The van der Waals surface area contributed by atoms with Crippen LogP contribution in [-0.2, 0) is 55.3 Å². The first-order valence-corrected chi connectivity index (χ1v) is 32.0. The molecule has 0 bridgehead atoms. The topological polar surface area (TPSA) is 350 Å². The van der Waals surface area contributed by atoms with Crippen molar-refractivity contribution in [2.24, 2.45) is 5.92 Å². The Labute approximate surface area is 524 Å². The fourth-order valence-electron chi connectivity index (χ4n) is 8.51. The number of pyridine rings is 1. The summed E-state index contributed by atoms with van der Waals surface area (Å²) in [6, 6.07) is 10.3. The fraction of sp³-hybridized carbons (Fsp3) is 0.600. The van der Waals surface area contributed by atoms with E-state index in [9.17, 15) is 59.8 Å². The molecule has 1 saturated heterocycles. The van der Waals surface area contributed by atoms with Crippen molar-refractivity contribution in [1.29, 1.82) is 0 Å². The lowest BCUT2D eigenvalue weighted by molar-refractivity contribution is -0.139. The second-order valence-corrected chi connectivity index (χ2v) is 23.1. The van der Waals surface area contributed by atoms with Gasteiger partial charge in [-0.05, 0) is 106 Å². The van der Waals surface area contributed by atoms with Crippen LogP contribution in [0.5, 0.6) is 11.5 Å². The van der Waals surface area contributed by atoms with Crippen molar-refractivity contribution in [3.8, 4) is 11.5 Å². The van der Waals surface area contributed by atoms with Crippen LogP contribution in [0.3, 0.4) is 0 Å². The molecule has 2 heterocycles. The summed E-state index contributed by atoms with van der Waals surface area (Å²) in [4.78, 5) is 117. The molecule has 89 heavy (non-hydrogen) atoms. The van der Waals surface area contributed by atoms with Crippen molar-refractivity contribution < 1.29 is 84.1 Å². The maximum absolute atomic E-state index is 14.2. The number of amides is 6. The van der Waals surface area contributed by atoms with Gasteiger partial charge in [0.25, 0.3) is 5.91 Å². The molecule has 0 radical (unpaired) electrons. The number of aliphatic carboxylic acids is 3. The summed E-state index contributed by atoms with van der Waals surface area (Å²) in [5.74, 6) is -4.72. The highest BCUT2D eigenvalue weighted by molar-refractivity contribution is 7.81. The summed E-state index contributed by atoms with van der Waals surface area (Å²) in [6.07, 6.45) is 8.60. The number of benzene rings is 2. The molecule has 2 aromatic carbocycles.